The third-order valence-corrected chi connectivity index (χ3v) is 3.14. The Bertz CT molecular complexity index is 753. The highest BCUT2D eigenvalue weighted by Gasteiger charge is 2.15. The van der Waals surface area contributed by atoms with Gasteiger partial charge in [-0.05, 0) is 18.2 Å². The summed E-state index contributed by atoms with van der Waals surface area (Å²) in [6, 6.07) is 16.8. The molecule has 0 saturated carbocycles. The molecule has 5 heteroatoms. The van der Waals surface area contributed by atoms with Gasteiger partial charge in [-0.15, -0.1) is 5.10 Å². The lowest BCUT2D eigenvalue weighted by atomic mass is 10.1. The minimum atomic E-state index is 0.302. The highest BCUT2D eigenvalue weighted by atomic mass is 35.5. The van der Waals surface area contributed by atoms with Crippen molar-refractivity contribution in [2.75, 3.05) is 0 Å². The molecule has 3 aromatic rings. The minimum absolute atomic E-state index is 0.302. The molecule has 0 radical (unpaired) electrons. The summed E-state index contributed by atoms with van der Waals surface area (Å²) in [4.78, 5) is 11.2. The standard InChI is InChI=1S/C15H10ClN3O/c16-12-7-4-8-13(9-12)19-15(14(10-20)17-18-19)11-5-2-1-3-6-11/h1-10H. The third kappa shape index (κ3) is 2.21. The highest BCUT2D eigenvalue weighted by Crippen LogP contribution is 2.25. The van der Waals surface area contributed by atoms with Crippen LogP contribution < -0.4 is 0 Å². The molecule has 0 bridgehead atoms. The van der Waals surface area contributed by atoms with Crippen LogP contribution in [-0.4, -0.2) is 21.3 Å². The number of hydrogen-bond donors (Lipinski definition) is 0. The van der Waals surface area contributed by atoms with E-state index in [1.165, 1.54) is 0 Å². The quantitative estimate of drug-likeness (QED) is 0.692. The molecule has 2 aromatic carbocycles. The monoisotopic (exact) mass is 283 g/mol. The van der Waals surface area contributed by atoms with Crippen LogP contribution in [0.3, 0.4) is 0 Å². The normalized spacial score (nSPS) is 10.4. The first kappa shape index (κ1) is 12.6. The summed E-state index contributed by atoms with van der Waals surface area (Å²) in [5, 5.41) is 8.57. The fourth-order valence-electron chi connectivity index (χ4n) is 2.03. The summed E-state index contributed by atoms with van der Waals surface area (Å²) in [5.74, 6) is 0. The Morgan fingerprint density at radius 2 is 1.85 bits per heavy atom. The van der Waals surface area contributed by atoms with Gasteiger partial charge in [0.15, 0.2) is 12.0 Å². The van der Waals surface area contributed by atoms with E-state index in [-0.39, 0.29) is 0 Å². The number of nitrogens with zero attached hydrogens (tertiary/aromatic N) is 3. The maximum absolute atomic E-state index is 11.2. The smallest absolute Gasteiger partial charge is 0.172 e. The van der Waals surface area contributed by atoms with E-state index in [1.54, 1.807) is 16.8 Å². The van der Waals surface area contributed by atoms with E-state index in [2.05, 4.69) is 10.3 Å². The van der Waals surface area contributed by atoms with Crippen molar-refractivity contribution < 1.29 is 4.79 Å². The van der Waals surface area contributed by atoms with E-state index in [0.29, 0.717) is 22.7 Å². The van der Waals surface area contributed by atoms with Crippen LogP contribution in [0.2, 0.25) is 5.02 Å². The van der Waals surface area contributed by atoms with Crippen molar-refractivity contribution in [1.29, 1.82) is 0 Å². The van der Waals surface area contributed by atoms with Crippen molar-refractivity contribution in [2.24, 2.45) is 0 Å². The van der Waals surface area contributed by atoms with Crippen molar-refractivity contribution in [3.63, 3.8) is 0 Å². The second-order valence-corrected chi connectivity index (χ2v) is 4.64. The molecule has 0 fully saturated rings. The minimum Gasteiger partial charge on any atom is -0.296 e. The van der Waals surface area contributed by atoms with Gasteiger partial charge in [0.25, 0.3) is 0 Å². The number of carbonyl (C=O) groups excluding carboxylic acids is 1. The van der Waals surface area contributed by atoms with E-state index >= 15 is 0 Å². The fraction of sp³-hybridized carbons (Fsp3) is 0. The van der Waals surface area contributed by atoms with E-state index < -0.39 is 0 Å². The van der Waals surface area contributed by atoms with E-state index in [0.717, 1.165) is 11.3 Å². The van der Waals surface area contributed by atoms with Crippen LogP contribution in [0.1, 0.15) is 10.5 Å². The molecule has 1 heterocycles. The van der Waals surface area contributed by atoms with Gasteiger partial charge < -0.3 is 0 Å². The summed E-state index contributed by atoms with van der Waals surface area (Å²) in [7, 11) is 0. The number of hydrogen-bond acceptors (Lipinski definition) is 3. The largest absolute Gasteiger partial charge is 0.296 e. The van der Waals surface area contributed by atoms with Gasteiger partial charge >= 0.3 is 0 Å². The van der Waals surface area contributed by atoms with Crippen LogP contribution >= 0.6 is 11.6 Å². The predicted molar refractivity (Wildman–Crippen MR) is 77.2 cm³/mol. The van der Waals surface area contributed by atoms with Gasteiger partial charge in [-0.3, -0.25) is 4.79 Å². The summed E-state index contributed by atoms with van der Waals surface area (Å²) >= 11 is 6.00. The Morgan fingerprint density at radius 3 is 2.55 bits per heavy atom. The van der Waals surface area contributed by atoms with E-state index in [4.69, 9.17) is 11.6 Å². The molecule has 98 valence electrons. The molecule has 1 aromatic heterocycles. The van der Waals surface area contributed by atoms with Crippen LogP contribution in [0.4, 0.5) is 0 Å². The lowest BCUT2D eigenvalue weighted by Crippen LogP contribution is -1.99. The topological polar surface area (TPSA) is 47.8 Å². The van der Waals surface area contributed by atoms with Crippen LogP contribution in [0.25, 0.3) is 16.9 Å². The van der Waals surface area contributed by atoms with Crippen molar-refractivity contribution in [1.82, 2.24) is 15.0 Å². The van der Waals surface area contributed by atoms with Crippen molar-refractivity contribution in [2.45, 2.75) is 0 Å². The van der Waals surface area contributed by atoms with Crippen molar-refractivity contribution in [3.8, 4) is 16.9 Å². The summed E-state index contributed by atoms with van der Waals surface area (Å²) in [6.45, 7) is 0. The van der Waals surface area contributed by atoms with Gasteiger partial charge in [0.05, 0.1) is 5.69 Å². The lowest BCUT2D eigenvalue weighted by Gasteiger charge is -2.07. The maximum atomic E-state index is 11.2. The summed E-state index contributed by atoms with van der Waals surface area (Å²) < 4.78 is 1.62. The van der Waals surface area contributed by atoms with Crippen LogP contribution in [0.5, 0.6) is 0 Å². The van der Waals surface area contributed by atoms with Crippen molar-refractivity contribution >= 4 is 17.9 Å². The summed E-state index contributed by atoms with van der Waals surface area (Å²) in [5.41, 5.74) is 2.59. The maximum Gasteiger partial charge on any atom is 0.172 e. The molecule has 20 heavy (non-hydrogen) atoms. The number of aromatic nitrogens is 3. The van der Waals surface area contributed by atoms with Gasteiger partial charge in [0.2, 0.25) is 0 Å². The van der Waals surface area contributed by atoms with Gasteiger partial charge in [-0.25, -0.2) is 4.68 Å². The van der Waals surface area contributed by atoms with E-state index in [9.17, 15) is 4.79 Å². The SMILES string of the molecule is O=Cc1nnn(-c2cccc(Cl)c2)c1-c1ccccc1. The molecular weight excluding hydrogens is 274 g/mol. The Labute approximate surface area is 120 Å². The first-order chi connectivity index (χ1) is 9.79. The second-order valence-electron chi connectivity index (χ2n) is 4.20. The lowest BCUT2D eigenvalue weighted by molar-refractivity contribution is 0.111. The Hall–Kier alpha value is -2.46. The number of halogens is 1. The van der Waals surface area contributed by atoms with Crippen molar-refractivity contribution in [3.05, 3.63) is 65.3 Å². The Balaban J connectivity index is 2.23. The Kier molecular flexibility index (Phi) is 3.31. The van der Waals surface area contributed by atoms with Gasteiger partial charge in [0, 0.05) is 10.6 Å². The molecule has 0 atom stereocenters. The number of rotatable bonds is 3. The molecule has 0 N–H and O–H groups in total. The number of benzene rings is 2. The molecule has 0 spiro atoms. The van der Waals surface area contributed by atoms with Gasteiger partial charge in [-0.1, -0.05) is 53.2 Å². The van der Waals surface area contributed by atoms with Crippen LogP contribution in [0.15, 0.2) is 54.6 Å². The molecule has 4 nitrogen and oxygen atoms in total. The van der Waals surface area contributed by atoms with Gasteiger partial charge in [-0.2, -0.15) is 0 Å². The Morgan fingerprint density at radius 1 is 1.05 bits per heavy atom. The molecule has 3 rings (SSSR count). The molecule has 0 unspecified atom stereocenters. The molecule has 0 aliphatic carbocycles. The molecule has 0 saturated heterocycles. The molecular formula is C15H10ClN3O. The fourth-order valence-corrected chi connectivity index (χ4v) is 2.21. The zero-order chi connectivity index (χ0) is 13.9. The molecule has 0 aliphatic rings. The molecule has 0 aliphatic heterocycles. The van der Waals surface area contributed by atoms with Gasteiger partial charge in [0.1, 0.15) is 5.69 Å². The zero-order valence-electron chi connectivity index (χ0n) is 10.4. The number of carbonyl (C=O) groups is 1. The van der Waals surface area contributed by atoms with Crippen LogP contribution in [0, 0.1) is 0 Å². The first-order valence-corrected chi connectivity index (χ1v) is 6.39. The first-order valence-electron chi connectivity index (χ1n) is 6.02. The second kappa shape index (κ2) is 5.27. The van der Waals surface area contributed by atoms with Crippen LogP contribution in [-0.2, 0) is 0 Å². The van der Waals surface area contributed by atoms with E-state index in [1.807, 2.05) is 42.5 Å². The molecule has 0 amide bonds. The summed E-state index contributed by atoms with van der Waals surface area (Å²) in [6.07, 6.45) is 0.705. The third-order valence-electron chi connectivity index (χ3n) is 2.91. The zero-order valence-corrected chi connectivity index (χ0v) is 11.2. The predicted octanol–water partition coefficient (Wildman–Crippen LogP) is 3.40. The number of aldehydes is 1. The highest BCUT2D eigenvalue weighted by molar-refractivity contribution is 6.30. The average Bonchev–Trinajstić information content (AvgIpc) is 2.92. The average molecular weight is 284 g/mol.